The lowest BCUT2D eigenvalue weighted by molar-refractivity contribution is -0.00659. The quantitative estimate of drug-likeness (QED) is 0.615. The fourth-order valence-electron chi connectivity index (χ4n) is 3.37. The molecule has 0 saturated heterocycles. The predicted molar refractivity (Wildman–Crippen MR) is 109 cm³/mol. The molecular weight excluding hydrogens is 406 g/mol. The Kier molecular flexibility index (Phi) is 5.43. The molecule has 7 nitrogen and oxygen atoms in total. The summed E-state index contributed by atoms with van der Waals surface area (Å²) in [5.74, 6) is 1.12. The van der Waals surface area contributed by atoms with Crippen molar-refractivity contribution in [1.82, 2.24) is 4.31 Å². The van der Waals surface area contributed by atoms with E-state index in [4.69, 9.17) is 14.6 Å². The standard InChI is InChI=1S/C22H19NO6S/c24-22(25)29-21-14-16-6-4-5-7-17(16)15-23(21)30(26,27)20-12-10-19(11-13-20)28-18-8-2-1-3-9-18/h1-13,21H,14-15H2,(H,24,25)/t21-/m1/s1. The maximum absolute atomic E-state index is 13.3. The van der Waals surface area contributed by atoms with Crippen molar-refractivity contribution in [3.8, 4) is 11.5 Å². The largest absolute Gasteiger partial charge is 0.507 e. The zero-order chi connectivity index (χ0) is 21.1. The molecule has 4 rings (SSSR count). The topological polar surface area (TPSA) is 93.1 Å². The normalized spacial score (nSPS) is 16.5. The number of rotatable bonds is 5. The highest BCUT2D eigenvalue weighted by molar-refractivity contribution is 7.89. The van der Waals surface area contributed by atoms with E-state index in [-0.39, 0.29) is 17.9 Å². The van der Waals surface area contributed by atoms with Gasteiger partial charge in [0.2, 0.25) is 10.0 Å². The Balaban J connectivity index is 1.61. The van der Waals surface area contributed by atoms with Gasteiger partial charge in [0.25, 0.3) is 0 Å². The summed E-state index contributed by atoms with van der Waals surface area (Å²) in [6.07, 6.45) is -2.51. The minimum absolute atomic E-state index is 0.0265. The molecule has 8 heteroatoms. The SMILES string of the molecule is O=C(O)O[C@@H]1Cc2ccccc2CN1S(=O)(=O)c1ccc(Oc2ccccc2)cc1. The number of sulfonamides is 1. The van der Waals surface area contributed by atoms with Crippen LogP contribution in [0.1, 0.15) is 11.1 Å². The average molecular weight is 425 g/mol. The first kappa shape index (κ1) is 19.9. The molecule has 0 bridgehead atoms. The van der Waals surface area contributed by atoms with Gasteiger partial charge in [-0.1, -0.05) is 42.5 Å². The molecule has 0 aromatic heterocycles. The van der Waals surface area contributed by atoms with Crippen LogP contribution in [0.3, 0.4) is 0 Å². The zero-order valence-electron chi connectivity index (χ0n) is 15.8. The molecule has 3 aromatic carbocycles. The van der Waals surface area contributed by atoms with E-state index in [0.29, 0.717) is 11.5 Å². The highest BCUT2D eigenvalue weighted by atomic mass is 32.2. The van der Waals surface area contributed by atoms with Crippen LogP contribution in [0.25, 0.3) is 0 Å². The van der Waals surface area contributed by atoms with Gasteiger partial charge < -0.3 is 14.6 Å². The Bertz CT molecular complexity index is 1150. The molecule has 3 aromatic rings. The van der Waals surface area contributed by atoms with Crippen LogP contribution in [0, 0.1) is 0 Å². The van der Waals surface area contributed by atoms with Gasteiger partial charge in [0, 0.05) is 13.0 Å². The molecule has 1 heterocycles. The number of fused-ring (bicyclic) bond motifs is 1. The monoisotopic (exact) mass is 425 g/mol. The van der Waals surface area contributed by atoms with Gasteiger partial charge in [-0.05, 0) is 47.5 Å². The number of hydrogen-bond acceptors (Lipinski definition) is 5. The highest BCUT2D eigenvalue weighted by Crippen LogP contribution is 2.31. The fourth-order valence-corrected chi connectivity index (χ4v) is 4.85. The van der Waals surface area contributed by atoms with Crippen molar-refractivity contribution in [2.45, 2.75) is 24.1 Å². The van der Waals surface area contributed by atoms with Gasteiger partial charge in [0.05, 0.1) is 4.90 Å². The smallest absolute Gasteiger partial charge is 0.457 e. The molecule has 1 N–H and O–H groups in total. The van der Waals surface area contributed by atoms with Crippen molar-refractivity contribution in [2.24, 2.45) is 0 Å². The summed E-state index contributed by atoms with van der Waals surface area (Å²) in [5, 5.41) is 9.08. The Labute approximate surface area is 174 Å². The number of ether oxygens (including phenoxy) is 2. The first-order valence-electron chi connectivity index (χ1n) is 9.25. The van der Waals surface area contributed by atoms with E-state index in [2.05, 4.69) is 0 Å². The molecule has 0 fully saturated rings. The summed E-state index contributed by atoms with van der Waals surface area (Å²) >= 11 is 0. The lowest BCUT2D eigenvalue weighted by Gasteiger charge is -2.34. The van der Waals surface area contributed by atoms with Crippen LogP contribution in [0.5, 0.6) is 11.5 Å². The van der Waals surface area contributed by atoms with Gasteiger partial charge in [0.15, 0.2) is 6.23 Å². The van der Waals surface area contributed by atoms with E-state index < -0.39 is 22.4 Å². The minimum Gasteiger partial charge on any atom is -0.457 e. The molecule has 0 aliphatic carbocycles. The van der Waals surface area contributed by atoms with E-state index in [1.807, 2.05) is 42.5 Å². The number of carboxylic acid groups (broad SMARTS) is 1. The average Bonchev–Trinajstić information content (AvgIpc) is 2.74. The lowest BCUT2D eigenvalue weighted by atomic mass is 10.0. The van der Waals surface area contributed by atoms with Crippen molar-refractivity contribution in [2.75, 3.05) is 0 Å². The van der Waals surface area contributed by atoms with E-state index >= 15 is 0 Å². The van der Waals surface area contributed by atoms with Gasteiger partial charge in [-0.2, -0.15) is 4.31 Å². The summed E-state index contributed by atoms with van der Waals surface area (Å²) in [7, 11) is -4.00. The summed E-state index contributed by atoms with van der Waals surface area (Å²) < 4.78 is 38.2. The van der Waals surface area contributed by atoms with Crippen LogP contribution in [0.2, 0.25) is 0 Å². The van der Waals surface area contributed by atoms with Crippen molar-refractivity contribution in [3.05, 3.63) is 90.0 Å². The number of carbonyl (C=O) groups is 1. The minimum atomic E-state index is -4.00. The van der Waals surface area contributed by atoms with E-state index in [1.54, 1.807) is 24.3 Å². The first-order valence-corrected chi connectivity index (χ1v) is 10.7. The molecule has 0 radical (unpaired) electrons. The molecule has 1 aliphatic heterocycles. The molecule has 30 heavy (non-hydrogen) atoms. The second kappa shape index (κ2) is 8.17. The van der Waals surface area contributed by atoms with Crippen molar-refractivity contribution >= 4 is 16.2 Å². The second-order valence-electron chi connectivity index (χ2n) is 6.75. The molecule has 0 amide bonds. The molecule has 154 valence electrons. The van der Waals surface area contributed by atoms with Gasteiger partial charge in [-0.25, -0.2) is 13.2 Å². The van der Waals surface area contributed by atoms with Crippen LogP contribution in [-0.2, 0) is 27.7 Å². The second-order valence-corrected chi connectivity index (χ2v) is 8.64. The van der Waals surface area contributed by atoms with Crippen LogP contribution in [0.15, 0.2) is 83.8 Å². The maximum Gasteiger partial charge on any atom is 0.507 e. The molecule has 0 saturated carbocycles. The Hall–Kier alpha value is -3.36. The van der Waals surface area contributed by atoms with Crippen LogP contribution < -0.4 is 4.74 Å². The first-order chi connectivity index (χ1) is 14.4. The molecule has 1 atom stereocenters. The van der Waals surface area contributed by atoms with E-state index in [9.17, 15) is 13.2 Å². The molecular formula is C22H19NO6S. The summed E-state index contributed by atoms with van der Waals surface area (Å²) in [6.45, 7) is 0.0265. The zero-order valence-corrected chi connectivity index (χ0v) is 16.7. The third-order valence-corrected chi connectivity index (χ3v) is 6.66. The van der Waals surface area contributed by atoms with Gasteiger partial charge in [-0.15, -0.1) is 0 Å². The van der Waals surface area contributed by atoms with Gasteiger partial charge in [0.1, 0.15) is 11.5 Å². The van der Waals surface area contributed by atoms with Crippen LogP contribution >= 0.6 is 0 Å². The Morgan fingerprint density at radius 2 is 1.47 bits per heavy atom. The van der Waals surface area contributed by atoms with Crippen LogP contribution in [0.4, 0.5) is 4.79 Å². The van der Waals surface area contributed by atoms with Crippen LogP contribution in [-0.4, -0.2) is 30.2 Å². The third kappa shape index (κ3) is 4.14. The Morgan fingerprint density at radius 1 is 0.867 bits per heavy atom. The fraction of sp³-hybridized carbons (Fsp3) is 0.136. The molecule has 0 unspecified atom stereocenters. The highest BCUT2D eigenvalue weighted by Gasteiger charge is 2.38. The van der Waals surface area contributed by atoms with E-state index in [0.717, 1.165) is 15.4 Å². The number of benzene rings is 3. The maximum atomic E-state index is 13.3. The molecule has 0 spiro atoms. The summed E-state index contributed by atoms with van der Waals surface area (Å²) in [4.78, 5) is 11.2. The van der Waals surface area contributed by atoms with Gasteiger partial charge >= 0.3 is 6.16 Å². The molecule has 1 aliphatic rings. The summed E-state index contributed by atoms with van der Waals surface area (Å²) in [6, 6.07) is 22.4. The van der Waals surface area contributed by atoms with Crippen molar-refractivity contribution in [3.63, 3.8) is 0 Å². The number of nitrogens with zero attached hydrogens (tertiary/aromatic N) is 1. The van der Waals surface area contributed by atoms with Crippen molar-refractivity contribution < 1.29 is 27.8 Å². The van der Waals surface area contributed by atoms with Crippen molar-refractivity contribution in [1.29, 1.82) is 0 Å². The van der Waals surface area contributed by atoms with Gasteiger partial charge in [-0.3, -0.25) is 0 Å². The van der Waals surface area contributed by atoms with E-state index in [1.165, 1.54) is 12.1 Å². The third-order valence-electron chi connectivity index (χ3n) is 4.81. The number of para-hydroxylation sites is 1. The Morgan fingerprint density at radius 3 is 2.13 bits per heavy atom. The summed E-state index contributed by atoms with van der Waals surface area (Å²) in [5.41, 5.74) is 1.68. The lowest BCUT2D eigenvalue weighted by Crippen LogP contribution is -2.46. The number of hydrogen-bond donors (Lipinski definition) is 1. The predicted octanol–water partition coefficient (Wildman–Crippen LogP) is 4.25.